The van der Waals surface area contributed by atoms with Gasteiger partial charge in [0.15, 0.2) is 0 Å². The summed E-state index contributed by atoms with van der Waals surface area (Å²) in [7, 11) is 0. The van der Waals surface area contributed by atoms with Gasteiger partial charge in [-0.05, 0) is 30.9 Å². The molecular formula is C11H17F. The van der Waals surface area contributed by atoms with Gasteiger partial charge in [0.2, 0.25) is 0 Å². The maximum atomic E-state index is 12.8. The molecule has 0 radical (unpaired) electrons. The summed E-state index contributed by atoms with van der Waals surface area (Å²) < 4.78 is 12.8. The minimum absolute atomic E-state index is 0.189. The largest absolute Gasteiger partial charge is 0.207 e. The molecular weight excluding hydrogens is 151 g/mol. The molecule has 0 aromatic rings. The Morgan fingerprint density at radius 2 is 2.08 bits per heavy atom. The van der Waals surface area contributed by atoms with Gasteiger partial charge in [0.05, 0.1) is 0 Å². The quantitative estimate of drug-likeness (QED) is 0.556. The SMILES string of the molecule is C=C/C(=C\C(F)=C/C)CC(C)C. The summed E-state index contributed by atoms with van der Waals surface area (Å²) in [6.07, 6.45) is 5.57. The second-order valence-electron chi connectivity index (χ2n) is 3.19. The van der Waals surface area contributed by atoms with Gasteiger partial charge >= 0.3 is 0 Å². The normalized spacial score (nSPS) is 13.8. The molecule has 0 bridgehead atoms. The first-order valence-electron chi connectivity index (χ1n) is 4.25. The highest BCUT2D eigenvalue weighted by Crippen LogP contribution is 2.14. The van der Waals surface area contributed by atoms with Crippen molar-refractivity contribution in [2.75, 3.05) is 0 Å². The van der Waals surface area contributed by atoms with Crippen molar-refractivity contribution in [3.63, 3.8) is 0 Å². The van der Waals surface area contributed by atoms with Crippen LogP contribution in [0, 0.1) is 5.92 Å². The zero-order valence-electron chi connectivity index (χ0n) is 8.10. The third kappa shape index (κ3) is 4.89. The first kappa shape index (κ1) is 11.2. The van der Waals surface area contributed by atoms with Gasteiger partial charge in [-0.2, -0.15) is 0 Å². The fourth-order valence-corrected chi connectivity index (χ4v) is 0.933. The van der Waals surface area contributed by atoms with Gasteiger partial charge in [-0.15, -0.1) is 0 Å². The van der Waals surface area contributed by atoms with Gasteiger partial charge in [0, 0.05) is 0 Å². The smallest absolute Gasteiger partial charge is 0.119 e. The van der Waals surface area contributed by atoms with E-state index in [1.807, 2.05) is 0 Å². The molecule has 0 saturated carbocycles. The van der Waals surface area contributed by atoms with Crippen LogP contribution >= 0.6 is 0 Å². The molecule has 0 aliphatic heterocycles. The van der Waals surface area contributed by atoms with E-state index in [0.717, 1.165) is 12.0 Å². The monoisotopic (exact) mass is 168 g/mol. The molecule has 0 amide bonds. The third-order valence-corrected chi connectivity index (χ3v) is 1.51. The summed E-state index contributed by atoms with van der Waals surface area (Å²) in [5.41, 5.74) is 0.959. The Morgan fingerprint density at radius 3 is 2.42 bits per heavy atom. The van der Waals surface area contributed by atoms with E-state index in [1.54, 1.807) is 13.0 Å². The summed E-state index contributed by atoms with van der Waals surface area (Å²) in [6, 6.07) is 0. The first-order chi connectivity index (χ1) is 5.60. The lowest BCUT2D eigenvalue weighted by atomic mass is 10.0. The van der Waals surface area contributed by atoms with Crippen LogP contribution in [-0.2, 0) is 0 Å². The Labute approximate surface area is 74.5 Å². The number of hydrogen-bond acceptors (Lipinski definition) is 0. The number of allylic oxidation sites excluding steroid dienone is 5. The average molecular weight is 168 g/mol. The molecule has 0 rings (SSSR count). The molecule has 0 saturated heterocycles. The van der Waals surface area contributed by atoms with E-state index in [2.05, 4.69) is 20.4 Å². The summed E-state index contributed by atoms with van der Waals surface area (Å²) in [5.74, 6) is 0.351. The lowest BCUT2D eigenvalue weighted by molar-refractivity contribution is 0.637. The van der Waals surface area contributed by atoms with E-state index in [0.29, 0.717) is 5.92 Å². The zero-order valence-corrected chi connectivity index (χ0v) is 8.10. The molecule has 0 heterocycles. The van der Waals surface area contributed by atoms with Crippen LogP contribution in [0.15, 0.2) is 36.2 Å². The molecule has 0 fully saturated rings. The first-order valence-corrected chi connectivity index (χ1v) is 4.25. The van der Waals surface area contributed by atoms with Crippen molar-refractivity contribution in [1.82, 2.24) is 0 Å². The van der Waals surface area contributed by atoms with Crippen molar-refractivity contribution in [2.45, 2.75) is 27.2 Å². The maximum Gasteiger partial charge on any atom is 0.119 e. The fraction of sp³-hybridized carbons (Fsp3) is 0.455. The van der Waals surface area contributed by atoms with Crippen LogP contribution in [0.4, 0.5) is 4.39 Å². The lowest BCUT2D eigenvalue weighted by Crippen LogP contribution is -1.88. The van der Waals surface area contributed by atoms with Crippen LogP contribution in [0.1, 0.15) is 27.2 Å². The summed E-state index contributed by atoms with van der Waals surface area (Å²) in [5, 5.41) is 0. The molecule has 0 nitrogen and oxygen atoms in total. The minimum Gasteiger partial charge on any atom is -0.207 e. The molecule has 0 unspecified atom stereocenters. The lowest BCUT2D eigenvalue weighted by Gasteiger charge is -2.04. The van der Waals surface area contributed by atoms with E-state index < -0.39 is 0 Å². The second-order valence-corrected chi connectivity index (χ2v) is 3.19. The molecule has 0 atom stereocenters. The zero-order chi connectivity index (χ0) is 9.56. The molecule has 0 aliphatic carbocycles. The van der Waals surface area contributed by atoms with Crippen molar-refractivity contribution in [3.05, 3.63) is 36.2 Å². The van der Waals surface area contributed by atoms with Crippen LogP contribution in [0.2, 0.25) is 0 Å². The van der Waals surface area contributed by atoms with Crippen molar-refractivity contribution in [3.8, 4) is 0 Å². The number of rotatable bonds is 4. The minimum atomic E-state index is -0.189. The van der Waals surface area contributed by atoms with E-state index in [9.17, 15) is 4.39 Å². The van der Waals surface area contributed by atoms with Gasteiger partial charge in [0.1, 0.15) is 5.83 Å². The Kier molecular flexibility index (Phi) is 5.35. The number of halogens is 1. The van der Waals surface area contributed by atoms with Crippen LogP contribution in [-0.4, -0.2) is 0 Å². The highest BCUT2D eigenvalue weighted by molar-refractivity contribution is 5.25. The predicted octanol–water partition coefficient (Wildman–Crippen LogP) is 4.02. The van der Waals surface area contributed by atoms with Crippen molar-refractivity contribution in [1.29, 1.82) is 0 Å². The summed E-state index contributed by atoms with van der Waals surface area (Å²) >= 11 is 0. The Balaban J connectivity index is 4.33. The third-order valence-electron chi connectivity index (χ3n) is 1.51. The summed E-state index contributed by atoms with van der Waals surface area (Å²) in [6.45, 7) is 9.53. The van der Waals surface area contributed by atoms with Gasteiger partial charge < -0.3 is 0 Å². The molecule has 0 N–H and O–H groups in total. The van der Waals surface area contributed by atoms with Crippen molar-refractivity contribution < 1.29 is 4.39 Å². The van der Waals surface area contributed by atoms with Gasteiger partial charge in [-0.3, -0.25) is 0 Å². The highest BCUT2D eigenvalue weighted by atomic mass is 19.1. The van der Waals surface area contributed by atoms with E-state index in [1.165, 1.54) is 12.2 Å². The van der Waals surface area contributed by atoms with E-state index in [4.69, 9.17) is 0 Å². The van der Waals surface area contributed by atoms with Crippen LogP contribution in [0.5, 0.6) is 0 Å². The Bertz CT molecular complexity index is 197. The van der Waals surface area contributed by atoms with Crippen LogP contribution < -0.4 is 0 Å². The van der Waals surface area contributed by atoms with Crippen LogP contribution in [0.25, 0.3) is 0 Å². The highest BCUT2D eigenvalue weighted by Gasteiger charge is 1.97. The van der Waals surface area contributed by atoms with Crippen molar-refractivity contribution >= 4 is 0 Å². The van der Waals surface area contributed by atoms with Gasteiger partial charge in [-0.25, -0.2) is 4.39 Å². The second kappa shape index (κ2) is 5.76. The van der Waals surface area contributed by atoms with E-state index in [-0.39, 0.29) is 5.83 Å². The molecule has 0 aromatic heterocycles. The predicted molar refractivity (Wildman–Crippen MR) is 52.6 cm³/mol. The Hall–Kier alpha value is -0.850. The molecule has 0 aromatic carbocycles. The average Bonchev–Trinajstić information content (AvgIpc) is 2.02. The molecule has 1 heteroatoms. The molecule has 0 aliphatic rings. The number of hydrogen-bond donors (Lipinski definition) is 0. The summed E-state index contributed by atoms with van der Waals surface area (Å²) in [4.78, 5) is 0. The van der Waals surface area contributed by atoms with Crippen LogP contribution in [0.3, 0.4) is 0 Å². The van der Waals surface area contributed by atoms with Gasteiger partial charge in [0.25, 0.3) is 0 Å². The van der Waals surface area contributed by atoms with E-state index >= 15 is 0 Å². The van der Waals surface area contributed by atoms with Crippen molar-refractivity contribution in [2.24, 2.45) is 5.92 Å². The maximum absolute atomic E-state index is 12.8. The molecule has 0 spiro atoms. The topological polar surface area (TPSA) is 0 Å². The Morgan fingerprint density at radius 1 is 1.50 bits per heavy atom. The molecule has 68 valence electrons. The fourth-order valence-electron chi connectivity index (χ4n) is 0.933. The standard InChI is InChI=1S/C11H17F/c1-5-10(7-9(3)4)8-11(12)6-2/h5-6,8-9H,1,7H2,2-4H3/b10-8+,11-6+. The molecule has 12 heavy (non-hydrogen) atoms. The van der Waals surface area contributed by atoms with Gasteiger partial charge in [-0.1, -0.05) is 32.6 Å².